The normalized spacial score (nSPS) is 13.5. The molecule has 2 aromatic rings. The first-order valence-corrected chi connectivity index (χ1v) is 5.85. The first kappa shape index (κ1) is 10.4. The van der Waals surface area contributed by atoms with E-state index >= 15 is 0 Å². The number of hydrogen-bond donors (Lipinski definition) is 1. The van der Waals surface area contributed by atoms with E-state index in [2.05, 4.69) is 35.6 Å². The van der Waals surface area contributed by atoms with Crippen LogP contribution in [-0.2, 0) is 13.1 Å². The van der Waals surface area contributed by atoms with Gasteiger partial charge in [0.1, 0.15) is 5.75 Å². The van der Waals surface area contributed by atoms with Gasteiger partial charge in [0.15, 0.2) is 0 Å². The summed E-state index contributed by atoms with van der Waals surface area (Å²) in [6, 6.07) is 14.7. The third-order valence-electron chi connectivity index (χ3n) is 3.29. The first-order chi connectivity index (χ1) is 8.40. The maximum atomic E-state index is 5.44. The second kappa shape index (κ2) is 4.22. The Hall–Kier alpha value is -1.80. The zero-order chi connectivity index (χ0) is 11.7. The lowest BCUT2D eigenvalue weighted by atomic mass is 9.96. The molecule has 0 fully saturated rings. The summed E-state index contributed by atoms with van der Waals surface area (Å²) in [5.41, 5.74) is 5.26. The Bertz CT molecular complexity index is 548. The predicted molar refractivity (Wildman–Crippen MR) is 69.0 cm³/mol. The molecule has 86 valence electrons. The molecule has 0 saturated carbocycles. The second-order valence-corrected chi connectivity index (χ2v) is 4.25. The van der Waals surface area contributed by atoms with Crippen molar-refractivity contribution in [2.75, 3.05) is 7.11 Å². The maximum absolute atomic E-state index is 5.44. The number of rotatable bonds is 2. The summed E-state index contributed by atoms with van der Waals surface area (Å²) in [5.74, 6) is 0.938. The van der Waals surface area contributed by atoms with E-state index < -0.39 is 0 Å². The standard InChI is InChI=1S/C15H15NO/c1-17-15-8-3-2-6-13(15)12-7-4-5-11-9-16-10-14(11)12/h2-8,16H,9-10H2,1H3. The molecule has 0 aromatic heterocycles. The highest BCUT2D eigenvalue weighted by Gasteiger charge is 2.16. The highest BCUT2D eigenvalue weighted by molar-refractivity contribution is 5.74. The average Bonchev–Trinajstić information content (AvgIpc) is 2.86. The van der Waals surface area contributed by atoms with Crippen molar-refractivity contribution in [3.05, 3.63) is 53.6 Å². The summed E-state index contributed by atoms with van der Waals surface area (Å²) in [7, 11) is 1.72. The van der Waals surface area contributed by atoms with Gasteiger partial charge in [0.2, 0.25) is 0 Å². The topological polar surface area (TPSA) is 21.3 Å². The van der Waals surface area contributed by atoms with Crippen LogP contribution in [0.5, 0.6) is 5.75 Å². The minimum Gasteiger partial charge on any atom is -0.496 e. The van der Waals surface area contributed by atoms with Crippen molar-refractivity contribution in [2.45, 2.75) is 13.1 Å². The van der Waals surface area contributed by atoms with Crippen molar-refractivity contribution >= 4 is 0 Å². The Morgan fingerprint density at radius 3 is 2.65 bits per heavy atom. The smallest absolute Gasteiger partial charge is 0.126 e. The van der Waals surface area contributed by atoms with Crippen LogP contribution in [0.25, 0.3) is 11.1 Å². The Labute approximate surface area is 101 Å². The van der Waals surface area contributed by atoms with Crippen LogP contribution in [0.3, 0.4) is 0 Å². The lowest BCUT2D eigenvalue weighted by molar-refractivity contribution is 0.416. The Balaban J connectivity index is 2.19. The molecule has 1 aliphatic rings. The van der Waals surface area contributed by atoms with E-state index in [4.69, 9.17) is 4.74 Å². The molecule has 0 aliphatic carbocycles. The van der Waals surface area contributed by atoms with Crippen molar-refractivity contribution in [3.8, 4) is 16.9 Å². The van der Waals surface area contributed by atoms with E-state index in [-0.39, 0.29) is 0 Å². The predicted octanol–water partition coefficient (Wildman–Crippen LogP) is 2.97. The molecule has 2 nitrogen and oxygen atoms in total. The van der Waals surface area contributed by atoms with Crippen LogP contribution in [0, 0.1) is 0 Å². The van der Waals surface area contributed by atoms with Gasteiger partial charge >= 0.3 is 0 Å². The molecule has 0 atom stereocenters. The summed E-state index contributed by atoms with van der Waals surface area (Å²) < 4.78 is 5.44. The van der Waals surface area contributed by atoms with Gasteiger partial charge in [-0.3, -0.25) is 0 Å². The number of hydrogen-bond acceptors (Lipinski definition) is 2. The third kappa shape index (κ3) is 1.71. The molecule has 1 N–H and O–H groups in total. The molecule has 0 amide bonds. The zero-order valence-electron chi connectivity index (χ0n) is 9.86. The van der Waals surface area contributed by atoms with Gasteiger partial charge < -0.3 is 10.1 Å². The fraction of sp³-hybridized carbons (Fsp3) is 0.200. The van der Waals surface area contributed by atoms with Crippen LogP contribution in [0.2, 0.25) is 0 Å². The van der Waals surface area contributed by atoms with Crippen molar-refractivity contribution in [1.82, 2.24) is 5.32 Å². The van der Waals surface area contributed by atoms with Gasteiger partial charge in [0.05, 0.1) is 7.11 Å². The Kier molecular flexibility index (Phi) is 2.57. The van der Waals surface area contributed by atoms with Crippen molar-refractivity contribution in [1.29, 1.82) is 0 Å². The number of fused-ring (bicyclic) bond motifs is 1. The summed E-state index contributed by atoms with van der Waals surface area (Å²) in [6.07, 6.45) is 0. The maximum Gasteiger partial charge on any atom is 0.126 e. The van der Waals surface area contributed by atoms with Gasteiger partial charge in [-0.2, -0.15) is 0 Å². The molecule has 0 saturated heterocycles. The quantitative estimate of drug-likeness (QED) is 0.848. The third-order valence-corrected chi connectivity index (χ3v) is 3.29. The number of nitrogens with one attached hydrogen (secondary N) is 1. The molecule has 0 bridgehead atoms. The number of benzene rings is 2. The van der Waals surface area contributed by atoms with Gasteiger partial charge in [-0.15, -0.1) is 0 Å². The number of para-hydroxylation sites is 1. The lowest BCUT2D eigenvalue weighted by Crippen LogP contribution is -2.00. The van der Waals surface area contributed by atoms with Gasteiger partial charge in [0, 0.05) is 18.7 Å². The average molecular weight is 225 g/mol. The van der Waals surface area contributed by atoms with Crippen LogP contribution >= 0.6 is 0 Å². The van der Waals surface area contributed by atoms with E-state index in [1.54, 1.807) is 7.11 Å². The van der Waals surface area contributed by atoms with Crippen molar-refractivity contribution < 1.29 is 4.74 Å². The zero-order valence-corrected chi connectivity index (χ0v) is 9.86. The van der Waals surface area contributed by atoms with E-state index in [0.29, 0.717) is 0 Å². The lowest BCUT2D eigenvalue weighted by Gasteiger charge is -2.11. The highest BCUT2D eigenvalue weighted by atomic mass is 16.5. The molecule has 0 radical (unpaired) electrons. The fourth-order valence-electron chi connectivity index (χ4n) is 2.45. The fourth-order valence-corrected chi connectivity index (χ4v) is 2.45. The molecule has 0 spiro atoms. The van der Waals surface area contributed by atoms with Crippen LogP contribution in [0.4, 0.5) is 0 Å². The highest BCUT2D eigenvalue weighted by Crippen LogP contribution is 2.34. The Morgan fingerprint density at radius 2 is 1.76 bits per heavy atom. The van der Waals surface area contributed by atoms with Gasteiger partial charge in [-0.1, -0.05) is 36.4 Å². The monoisotopic (exact) mass is 225 g/mol. The minimum atomic E-state index is 0.938. The van der Waals surface area contributed by atoms with Gasteiger partial charge in [-0.25, -0.2) is 0 Å². The number of ether oxygens (including phenoxy) is 1. The van der Waals surface area contributed by atoms with E-state index in [0.717, 1.165) is 18.8 Å². The summed E-state index contributed by atoms with van der Waals surface area (Å²) in [5, 5.41) is 3.39. The molecule has 2 heteroatoms. The first-order valence-electron chi connectivity index (χ1n) is 5.85. The van der Waals surface area contributed by atoms with Gasteiger partial charge in [-0.05, 0) is 22.8 Å². The van der Waals surface area contributed by atoms with Gasteiger partial charge in [0.25, 0.3) is 0 Å². The SMILES string of the molecule is COc1ccccc1-c1cccc2c1CNC2. The number of methoxy groups -OCH3 is 1. The summed E-state index contributed by atoms with van der Waals surface area (Å²) in [6.45, 7) is 1.92. The molecule has 1 aliphatic heterocycles. The molecular formula is C15H15NO. The van der Waals surface area contributed by atoms with E-state index in [1.807, 2.05) is 12.1 Å². The van der Waals surface area contributed by atoms with E-state index in [1.165, 1.54) is 22.3 Å². The minimum absolute atomic E-state index is 0.938. The summed E-state index contributed by atoms with van der Waals surface area (Å²) in [4.78, 5) is 0. The van der Waals surface area contributed by atoms with Crippen LogP contribution in [-0.4, -0.2) is 7.11 Å². The molecule has 0 unspecified atom stereocenters. The van der Waals surface area contributed by atoms with Crippen LogP contribution in [0.1, 0.15) is 11.1 Å². The molecule has 3 rings (SSSR count). The molecular weight excluding hydrogens is 210 g/mol. The van der Waals surface area contributed by atoms with Crippen LogP contribution in [0.15, 0.2) is 42.5 Å². The molecule has 2 aromatic carbocycles. The largest absolute Gasteiger partial charge is 0.496 e. The summed E-state index contributed by atoms with van der Waals surface area (Å²) >= 11 is 0. The van der Waals surface area contributed by atoms with Crippen molar-refractivity contribution in [3.63, 3.8) is 0 Å². The Morgan fingerprint density at radius 1 is 0.941 bits per heavy atom. The van der Waals surface area contributed by atoms with Crippen LogP contribution < -0.4 is 10.1 Å². The second-order valence-electron chi connectivity index (χ2n) is 4.25. The van der Waals surface area contributed by atoms with Crippen molar-refractivity contribution in [2.24, 2.45) is 0 Å². The van der Waals surface area contributed by atoms with E-state index in [9.17, 15) is 0 Å². The molecule has 17 heavy (non-hydrogen) atoms. The molecule has 1 heterocycles.